The molecular weight excluding hydrogens is 306 g/mol. The fraction of sp³-hybridized carbons (Fsp3) is 0.286. The van der Waals surface area contributed by atoms with Gasteiger partial charge in [-0.2, -0.15) is 4.99 Å². The molecule has 19 heavy (non-hydrogen) atoms. The Bertz CT molecular complexity index is 507. The minimum atomic E-state index is -0.263. The number of hydrogen-bond acceptors (Lipinski definition) is 2. The fourth-order valence-electron chi connectivity index (χ4n) is 1.40. The van der Waals surface area contributed by atoms with Crippen LogP contribution in [0.1, 0.15) is 5.56 Å². The van der Waals surface area contributed by atoms with Gasteiger partial charge in [-0.05, 0) is 17.7 Å². The number of carbonyl (C=O) groups excluding carboxylic acids is 1. The maximum atomic E-state index is 12.2. The number of benzene rings is 1. The van der Waals surface area contributed by atoms with Gasteiger partial charge >= 0.3 is 0 Å². The zero-order valence-electron chi connectivity index (χ0n) is 11.6. The van der Waals surface area contributed by atoms with Crippen molar-refractivity contribution in [3.63, 3.8) is 0 Å². The van der Waals surface area contributed by atoms with Crippen LogP contribution in [0.2, 0.25) is 0 Å². The van der Waals surface area contributed by atoms with Gasteiger partial charge in [-0.25, -0.2) is 0 Å². The molecule has 0 aliphatic rings. The third-order valence-electron chi connectivity index (χ3n) is 2.16. The van der Waals surface area contributed by atoms with Crippen molar-refractivity contribution in [2.75, 3.05) is 28.2 Å². The standard InChI is InChI=1S/C14H18BrN3O/c1-17(2)9-13(14(19)16-10-18(3)4)11-6-5-7-12(15)8-11/h5-10H,1-4H3/b13-9-,16-10?. The first-order chi connectivity index (χ1) is 8.90. The molecule has 102 valence electrons. The molecule has 0 saturated carbocycles. The highest BCUT2D eigenvalue weighted by molar-refractivity contribution is 9.10. The second-order valence-electron chi connectivity index (χ2n) is 4.53. The van der Waals surface area contributed by atoms with E-state index >= 15 is 0 Å². The van der Waals surface area contributed by atoms with E-state index in [0.717, 1.165) is 10.0 Å². The van der Waals surface area contributed by atoms with E-state index in [1.54, 1.807) is 11.1 Å². The molecule has 0 bridgehead atoms. The zero-order chi connectivity index (χ0) is 14.4. The number of nitrogens with zero attached hydrogens (tertiary/aromatic N) is 3. The van der Waals surface area contributed by atoms with Gasteiger partial charge in [0.05, 0.1) is 11.9 Å². The predicted molar refractivity (Wildman–Crippen MR) is 83.0 cm³/mol. The Hall–Kier alpha value is -1.62. The van der Waals surface area contributed by atoms with Crippen LogP contribution in [0.15, 0.2) is 39.9 Å². The molecule has 4 nitrogen and oxygen atoms in total. The number of carbonyl (C=O) groups is 1. The summed E-state index contributed by atoms with van der Waals surface area (Å²) in [5.74, 6) is -0.263. The molecule has 1 rings (SSSR count). The molecule has 0 N–H and O–H groups in total. The molecule has 1 aromatic rings. The van der Waals surface area contributed by atoms with Gasteiger partial charge in [0.25, 0.3) is 5.91 Å². The molecule has 0 radical (unpaired) electrons. The summed E-state index contributed by atoms with van der Waals surface area (Å²) < 4.78 is 0.930. The monoisotopic (exact) mass is 323 g/mol. The number of rotatable bonds is 4. The predicted octanol–water partition coefficient (Wildman–Crippen LogP) is 2.47. The first kappa shape index (κ1) is 15.4. The molecule has 0 atom stereocenters. The summed E-state index contributed by atoms with van der Waals surface area (Å²) in [6.07, 6.45) is 3.28. The first-order valence-corrected chi connectivity index (χ1v) is 6.58. The van der Waals surface area contributed by atoms with Crippen LogP contribution in [0.25, 0.3) is 5.57 Å². The van der Waals surface area contributed by atoms with E-state index in [-0.39, 0.29) is 5.91 Å². The number of aliphatic imine (C=N–C) groups is 1. The SMILES string of the molecule is CN(C)C=NC(=O)/C(=C\N(C)C)c1cccc(Br)c1. The van der Waals surface area contributed by atoms with Gasteiger partial charge in [-0.3, -0.25) is 4.79 Å². The average molecular weight is 324 g/mol. The molecule has 0 aliphatic heterocycles. The van der Waals surface area contributed by atoms with Crippen molar-refractivity contribution in [3.8, 4) is 0 Å². The number of halogens is 1. The topological polar surface area (TPSA) is 35.9 Å². The summed E-state index contributed by atoms with van der Waals surface area (Å²) in [5, 5.41) is 0. The van der Waals surface area contributed by atoms with Crippen molar-refractivity contribution in [3.05, 3.63) is 40.5 Å². The average Bonchev–Trinajstić information content (AvgIpc) is 2.32. The molecule has 0 aliphatic carbocycles. The van der Waals surface area contributed by atoms with Crippen molar-refractivity contribution in [1.29, 1.82) is 0 Å². The summed E-state index contributed by atoms with van der Waals surface area (Å²) in [5.41, 5.74) is 1.40. The molecule has 0 spiro atoms. The maximum Gasteiger partial charge on any atom is 0.280 e. The number of hydrogen-bond donors (Lipinski definition) is 0. The summed E-state index contributed by atoms with van der Waals surface area (Å²) in [7, 11) is 7.40. The van der Waals surface area contributed by atoms with Gasteiger partial charge in [0.15, 0.2) is 0 Å². The van der Waals surface area contributed by atoms with Crippen LogP contribution in [0, 0.1) is 0 Å². The van der Waals surface area contributed by atoms with Crippen LogP contribution in [0.4, 0.5) is 0 Å². The molecule has 0 fully saturated rings. The van der Waals surface area contributed by atoms with Crippen LogP contribution >= 0.6 is 15.9 Å². The normalized spacial score (nSPS) is 11.7. The van der Waals surface area contributed by atoms with E-state index in [1.165, 1.54) is 6.34 Å². The van der Waals surface area contributed by atoms with Crippen molar-refractivity contribution >= 4 is 33.7 Å². The van der Waals surface area contributed by atoms with Gasteiger partial charge in [0.2, 0.25) is 0 Å². The second kappa shape index (κ2) is 7.09. The van der Waals surface area contributed by atoms with E-state index < -0.39 is 0 Å². The van der Waals surface area contributed by atoms with Gasteiger partial charge in [0, 0.05) is 38.9 Å². The van der Waals surface area contributed by atoms with Gasteiger partial charge in [-0.1, -0.05) is 28.1 Å². The van der Waals surface area contributed by atoms with E-state index in [9.17, 15) is 4.79 Å². The Morgan fingerprint density at radius 2 is 1.89 bits per heavy atom. The molecule has 1 amide bonds. The lowest BCUT2D eigenvalue weighted by atomic mass is 10.1. The van der Waals surface area contributed by atoms with Gasteiger partial charge < -0.3 is 9.80 Å². The molecule has 5 heteroatoms. The molecule has 0 aromatic heterocycles. The second-order valence-corrected chi connectivity index (χ2v) is 5.45. The van der Waals surface area contributed by atoms with Crippen molar-refractivity contribution in [1.82, 2.24) is 9.80 Å². The Balaban J connectivity index is 3.13. The van der Waals surface area contributed by atoms with Crippen LogP contribution in [-0.4, -0.2) is 50.2 Å². The lowest BCUT2D eigenvalue weighted by molar-refractivity contribution is -0.112. The van der Waals surface area contributed by atoms with E-state index in [4.69, 9.17) is 0 Å². The zero-order valence-corrected chi connectivity index (χ0v) is 13.2. The fourth-order valence-corrected chi connectivity index (χ4v) is 1.80. The highest BCUT2D eigenvalue weighted by atomic mass is 79.9. The third-order valence-corrected chi connectivity index (χ3v) is 2.65. The Kier molecular flexibility index (Phi) is 5.76. The summed E-state index contributed by atoms with van der Waals surface area (Å²) in [4.78, 5) is 19.7. The first-order valence-electron chi connectivity index (χ1n) is 5.79. The van der Waals surface area contributed by atoms with Gasteiger partial charge in [0.1, 0.15) is 0 Å². The minimum absolute atomic E-state index is 0.263. The quantitative estimate of drug-likeness (QED) is 0.485. The van der Waals surface area contributed by atoms with Crippen LogP contribution in [-0.2, 0) is 4.79 Å². The van der Waals surface area contributed by atoms with Crippen molar-refractivity contribution in [2.45, 2.75) is 0 Å². The largest absolute Gasteiger partial charge is 0.383 e. The van der Waals surface area contributed by atoms with Crippen LogP contribution < -0.4 is 0 Å². The lowest BCUT2D eigenvalue weighted by Crippen LogP contribution is -2.12. The molecule has 0 heterocycles. The highest BCUT2D eigenvalue weighted by Gasteiger charge is 2.11. The van der Waals surface area contributed by atoms with E-state index in [2.05, 4.69) is 20.9 Å². The Morgan fingerprint density at radius 1 is 1.21 bits per heavy atom. The Morgan fingerprint density at radius 3 is 2.42 bits per heavy atom. The highest BCUT2D eigenvalue weighted by Crippen LogP contribution is 2.20. The summed E-state index contributed by atoms with van der Waals surface area (Å²) in [6.45, 7) is 0. The van der Waals surface area contributed by atoms with E-state index in [0.29, 0.717) is 5.57 Å². The maximum absolute atomic E-state index is 12.2. The summed E-state index contributed by atoms with van der Waals surface area (Å²) in [6, 6.07) is 7.61. The van der Waals surface area contributed by atoms with E-state index in [1.807, 2.05) is 57.4 Å². The van der Waals surface area contributed by atoms with Gasteiger partial charge in [-0.15, -0.1) is 0 Å². The molecule has 1 aromatic carbocycles. The van der Waals surface area contributed by atoms with Crippen molar-refractivity contribution < 1.29 is 4.79 Å². The van der Waals surface area contributed by atoms with Crippen LogP contribution in [0.3, 0.4) is 0 Å². The van der Waals surface area contributed by atoms with Crippen molar-refractivity contribution in [2.24, 2.45) is 4.99 Å². The number of amides is 1. The third kappa shape index (κ3) is 5.26. The summed E-state index contributed by atoms with van der Waals surface area (Å²) >= 11 is 3.41. The lowest BCUT2D eigenvalue weighted by Gasteiger charge is -2.10. The molecule has 0 unspecified atom stereocenters. The molecule has 0 saturated heterocycles. The Labute approximate surface area is 122 Å². The molecular formula is C14H18BrN3O. The van der Waals surface area contributed by atoms with Crippen LogP contribution in [0.5, 0.6) is 0 Å². The minimum Gasteiger partial charge on any atom is -0.383 e. The smallest absolute Gasteiger partial charge is 0.280 e.